The van der Waals surface area contributed by atoms with Crippen molar-refractivity contribution in [1.29, 1.82) is 0 Å². The average molecular weight is 334 g/mol. The molecule has 0 radical (unpaired) electrons. The van der Waals surface area contributed by atoms with Crippen LogP contribution in [0, 0.1) is 10.1 Å². The first-order chi connectivity index (χ1) is 9.95. The molecule has 0 bridgehead atoms. The van der Waals surface area contributed by atoms with Gasteiger partial charge in [0.1, 0.15) is 0 Å². The highest BCUT2D eigenvalue weighted by Gasteiger charge is 2.28. The molecular formula is C12H16ClN3O4S. The molecule has 0 N–H and O–H groups in total. The number of nitrogens with zero attached hydrogens (tertiary/aromatic N) is 3. The number of non-ortho nitro benzene ring substituents is 1. The zero-order chi connectivity index (χ0) is 15.5. The summed E-state index contributed by atoms with van der Waals surface area (Å²) >= 11 is 5.67. The average Bonchev–Trinajstić information content (AvgIpc) is 2.48. The van der Waals surface area contributed by atoms with Crippen molar-refractivity contribution in [2.75, 3.05) is 38.6 Å². The molecule has 1 aromatic rings. The zero-order valence-electron chi connectivity index (χ0n) is 11.3. The monoisotopic (exact) mass is 333 g/mol. The van der Waals surface area contributed by atoms with E-state index in [9.17, 15) is 18.5 Å². The molecule has 0 saturated carbocycles. The number of hydrogen-bond donors (Lipinski definition) is 0. The molecule has 2 rings (SSSR count). The van der Waals surface area contributed by atoms with Crippen molar-refractivity contribution < 1.29 is 13.3 Å². The van der Waals surface area contributed by atoms with E-state index in [-0.39, 0.29) is 10.6 Å². The van der Waals surface area contributed by atoms with E-state index in [1.807, 2.05) is 0 Å². The lowest BCUT2D eigenvalue weighted by atomic mass is 10.3. The van der Waals surface area contributed by atoms with Crippen molar-refractivity contribution in [2.45, 2.75) is 4.90 Å². The molecule has 1 heterocycles. The van der Waals surface area contributed by atoms with Gasteiger partial charge in [0, 0.05) is 50.7 Å². The standard InChI is InChI=1S/C12H16ClN3O4S/c13-5-6-14-7-9-15(10-8-14)21(19,20)12-3-1-11(2-4-12)16(17)18/h1-4H,5-10H2. The van der Waals surface area contributed by atoms with Gasteiger partial charge in [0.05, 0.1) is 9.82 Å². The molecule has 1 aliphatic rings. The molecule has 116 valence electrons. The molecule has 9 heteroatoms. The third-order valence-corrected chi connectivity index (χ3v) is 5.50. The van der Waals surface area contributed by atoms with Gasteiger partial charge in [-0.3, -0.25) is 15.0 Å². The SMILES string of the molecule is O=[N+]([O-])c1ccc(S(=O)(=O)N2CCN(CCCl)CC2)cc1. The number of benzene rings is 1. The number of nitro benzene ring substituents is 1. The van der Waals surface area contributed by atoms with E-state index in [1.54, 1.807) is 0 Å². The van der Waals surface area contributed by atoms with Crippen LogP contribution in [-0.4, -0.2) is 61.2 Å². The summed E-state index contributed by atoms with van der Waals surface area (Å²) in [5.74, 6) is 0.523. The molecule has 1 aromatic carbocycles. The van der Waals surface area contributed by atoms with Crippen LogP contribution >= 0.6 is 11.6 Å². The number of rotatable bonds is 5. The Morgan fingerprint density at radius 1 is 1.14 bits per heavy atom. The summed E-state index contributed by atoms with van der Waals surface area (Å²) in [5.41, 5.74) is -0.124. The number of sulfonamides is 1. The Bertz CT molecular complexity index is 597. The molecule has 1 saturated heterocycles. The first-order valence-corrected chi connectivity index (χ1v) is 8.45. The maximum Gasteiger partial charge on any atom is 0.269 e. The van der Waals surface area contributed by atoms with Gasteiger partial charge in [-0.15, -0.1) is 11.6 Å². The van der Waals surface area contributed by atoms with Gasteiger partial charge in [-0.1, -0.05) is 0 Å². The predicted octanol–water partition coefficient (Wildman–Crippen LogP) is 1.14. The maximum atomic E-state index is 12.4. The Labute approximate surface area is 128 Å². The van der Waals surface area contributed by atoms with Crippen LogP contribution in [0.15, 0.2) is 29.2 Å². The largest absolute Gasteiger partial charge is 0.300 e. The van der Waals surface area contributed by atoms with Gasteiger partial charge in [0.25, 0.3) is 5.69 Å². The Morgan fingerprint density at radius 2 is 1.71 bits per heavy atom. The molecule has 7 nitrogen and oxygen atoms in total. The van der Waals surface area contributed by atoms with Gasteiger partial charge in [-0.05, 0) is 12.1 Å². The summed E-state index contributed by atoms with van der Waals surface area (Å²) in [5, 5.41) is 10.6. The molecular weight excluding hydrogens is 318 g/mol. The fourth-order valence-electron chi connectivity index (χ4n) is 2.20. The zero-order valence-corrected chi connectivity index (χ0v) is 12.9. The molecule has 0 spiro atoms. The van der Waals surface area contributed by atoms with Crippen molar-refractivity contribution in [1.82, 2.24) is 9.21 Å². The maximum absolute atomic E-state index is 12.4. The van der Waals surface area contributed by atoms with Crippen molar-refractivity contribution in [2.24, 2.45) is 0 Å². The fourth-order valence-corrected chi connectivity index (χ4v) is 3.86. The van der Waals surface area contributed by atoms with E-state index in [0.29, 0.717) is 32.1 Å². The van der Waals surface area contributed by atoms with Crippen LogP contribution in [0.5, 0.6) is 0 Å². The van der Waals surface area contributed by atoms with E-state index < -0.39 is 14.9 Å². The lowest BCUT2D eigenvalue weighted by Gasteiger charge is -2.33. The quantitative estimate of drug-likeness (QED) is 0.458. The van der Waals surface area contributed by atoms with Crippen LogP contribution < -0.4 is 0 Å². The molecule has 1 fully saturated rings. The van der Waals surface area contributed by atoms with Crippen LogP contribution in [0.1, 0.15) is 0 Å². The number of hydrogen-bond acceptors (Lipinski definition) is 5. The smallest absolute Gasteiger partial charge is 0.269 e. The summed E-state index contributed by atoms with van der Waals surface area (Å²) in [6.45, 7) is 2.82. The third kappa shape index (κ3) is 3.70. The van der Waals surface area contributed by atoms with E-state index >= 15 is 0 Å². The van der Waals surface area contributed by atoms with Crippen LogP contribution in [0.4, 0.5) is 5.69 Å². The van der Waals surface area contributed by atoms with Crippen LogP contribution in [-0.2, 0) is 10.0 Å². The number of alkyl halides is 1. The summed E-state index contributed by atoms with van der Waals surface area (Å²) < 4.78 is 26.3. The molecule has 0 unspecified atom stereocenters. The molecule has 0 aliphatic carbocycles. The van der Waals surface area contributed by atoms with Crippen molar-refractivity contribution >= 4 is 27.3 Å². The second kappa shape index (κ2) is 6.69. The van der Waals surface area contributed by atoms with Crippen molar-refractivity contribution in [3.63, 3.8) is 0 Å². The summed E-state index contributed by atoms with van der Waals surface area (Å²) in [4.78, 5) is 12.2. The Hall–Kier alpha value is -1.22. The lowest BCUT2D eigenvalue weighted by Crippen LogP contribution is -2.48. The number of nitro groups is 1. The van der Waals surface area contributed by atoms with Gasteiger partial charge >= 0.3 is 0 Å². The van der Waals surface area contributed by atoms with E-state index in [0.717, 1.165) is 6.54 Å². The number of piperazine rings is 1. The highest BCUT2D eigenvalue weighted by molar-refractivity contribution is 7.89. The van der Waals surface area contributed by atoms with Crippen LogP contribution in [0.3, 0.4) is 0 Å². The van der Waals surface area contributed by atoms with Gasteiger partial charge in [-0.25, -0.2) is 8.42 Å². The topological polar surface area (TPSA) is 83.8 Å². The molecule has 21 heavy (non-hydrogen) atoms. The van der Waals surface area contributed by atoms with Crippen molar-refractivity contribution in [3.8, 4) is 0 Å². The number of halogens is 1. The van der Waals surface area contributed by atoms with Gasteiger partial charge < -0.3 is 0 Å². The highest BCUT2D eigenvalue weighted by Crippen LogP contribution is 2.20. The highest BCUT2D eigenvalue weighted by atomic mass is 35.5. The first-order valence-electron chi connectivity index (χ1n) is 6.48. The third-order valence-electron chi connectivity index (χ3n) is 3.42. The minimum absolute atomic E-state index is 0.0823. The first kappa shape index (κ1) is 16.2. The molecule has 0 atom stereocenters. The van der Waals surface area contributed by atoms with Gasteiger partial charge in [0.15, 0.2) is 0 Å². The second-order valence-corrected chi connectivity index (χ2v) is 7.00. The minimum atomic E-state index is -3.59. The normalized spacial score (nSPS) is 17.8. The fraction of sp³-hybridized carbons (Fsp3) is 0.500. The van der Waals surface area contributed by atoms with Crippen LogP contribution in [0.2, 0.25) is 0 Å². The Balaban J connectivity index is 2.10. The minimum Gasteiger partial charge on any atom is -0.300 e. The Morgan fingerprint density at radius 3 is 2.19 bits per heavy atom. The van der Waals surface area contributed by atoms with E-state index in [1.165, 1.54) is 28.6 Å². The predicted molar refractivity (Wildman–Crippen MR) is 79.0 cm³/mol. The Kier molecular flexibility index (Phi) is 5.15. The molecule has 0 aromatic heterocycles. The molecule has 1 aliphatic heterocycles. The van der Waals surface area contributed by atoms with Gasteiger partial charge in [-0.2, -0.15) is 4.31 Å². The van der Waals surface area contributed by atoms with Crippen molar-refractivity contribution in [3.05, 3.63) is 34.4 Å². The van der Waals surface area contributed by atoms with Crippen LogP contribution in [0.25, 0.3) is 0 Å². The second-order valence-electron chi connectivity index (χ2n) is 4.69. The lowest BCUT2D eigenvalue weighted by molar-refractivity contribution is -0.384. The summed E-state index contributed by atoms with van der Waals surface area (Å²) in [6.07, 6.45) is 0. The summed E-state index contributed by atoms with van der Waals surface area (Å²) in [7, 11) is -3.59. The van der Waals surface area contributed by atoms with E-state index in [4.69, 9.17) is 11.6 Å². The van der Waals surface area contributed by atoms with E-state index in [2.05, 4.69) is 4.90 Å². The summed E-state index contributed by atoms with van der Waals surface area (Å²) in [6, 6.07) is 4.96. The van der Waals surface area contributed by atoms with Gasteiger partial charge in [0.2, 0.25) is 10.0 Å². The molecule has 0 amide bonds.